The summed E-state index contributed by atoms with van der Waals surface area (Å²) in [6.45, 7) is 1.39. The molecule has 20 heavy (non-hydrogen) atoms. The van der Waals surface area contributed by atoms with E-state index in [0.29, 0.717) is 25.3 Å². The third-order valence-corrected chi connectivity index (χ3v) is 3.16. The van der Waals surface area contributed by atoms with E-state index >= 15 is 0 Å². The van der Waals surface area contributed by atoms with E-state index in [1.54, 1.807) is 13.2 Å². The predicted octanol–water partition coefficient (Wildman–Crippen LogP) is 1.09. The number of nitrogens with one attached hydrogen (secondary N) is 2. The Kier molecular flexibility index (Phi) is 5.12. The molecule has 0 aliphatic heterocycles. The van der Waals surface area contributed by atoms with Gasteiger partial charge in [-0.3, -0.25) is 9.59 Å². The smallest absolute Gasteiger partial charge is 0.251 e. The number of benzene rings is 1. The van der Waals surface area contributed by atoms with Gasteiger partial charge in [-0.25, -0.2) is 0 Å². The maximum atomic E-state index is 11.9. The SMILES string of the molecule is COCc1cccc(C(=O)NCCNC(=O)C2CC2)c1. The average Bonchev–Trinajstić information content (AvgIpc) is 3.28. The molecule has 1 aromatic rings. The van der Waals surface area contributed by atoms with E-state index in [1.807, 2.05) is 18.2 Å². The number of carbonyl (C=O) groups is 2. The van der Waals surface area contributed by atoms with Crippen molar-refractivity contribution in [3.05, 3.63) is 35.4 Å². The molecule has 0 unspecified atom stereocenters. The number of methoxy groups -OCH3 is 1. The van der Waals surface area contributed by atoms with Crippen LogP contribution < -0.4 is 10.6 Å². The summed E-state index contributed by atoms with van der Waals surface area (Å²) in [4.78, 5) is 23.3. The fourth-order valence-corrected chi connectivity index (χ4v) is 1.92. The molecule has 1 aromatic carbocycles. The summed E-state index contributed by atoms with van der Waals surface area (Å²) in [5.41, 5.74) is 1.57. The molecule has 0 aromatic heterocycles. The lowest BCUT2D eigenvalue weighted by molar-refractivity contribution is -0.122. The molecule has 0 bridgehead atoms. The van der Waals surface area contributed by atoms with Crippen LogP contribution >= 0.6 is 0 Å². The number of carbonyl (C=O) groups excluding carboxylic acids is 2. The second kappa shape index (κ2) is 7.05. The summed E-state index contributed by atoms with van der Waals surface area (Å²) >= 11 is 0. The number of ether oxygens (including phenoxy) is 1. The van der Waals surface area contributed by atoms with Gasteiger partial charge in [0.25, 0.3) is 5.91 Å². The van der Waals surface area contributed by atoms with E-state index in [-0.39, 0.29) is 17.7 Å². The van der Waals surface area contributed by atoms with Crippen molar-refractivity contribution in [2.45, 2.75) is 19.4 Å². The molecule has 5 heteroatoms. The first-order valence-corrected chi connectivity index (χ1v) is 6.84. The van der Waals surface area contributed by atoms with Crippen molar-refractivity contribution in [2.24, 2.45) is 5.92 Å². The summed E-state index contributed by atoms with van der Waals surface area (Å²) in [7, 11) is 1.62. The molecule has 0 heterocycles. The first kappa shape index (κ1) is 14.5. The topological polar surface area (TPSA) is 67.4 Å². The zero-order chi connectivity index (χ0) is 14.4. The largest absolute Gasteiger partial charge is 0.380 e. The van der Waals surface area contributed by atoms with Crippen molar-refractivity contribution in [1.82, 2.24) is 10.6 Å². The van der Waals surface area contributed by atoms with Gasteiger partial charge in [0.15, 0.2) is 0 Å². The number of rotatable bonds is 7. The Bertz CT molecular complexity index is 484. The molecule has 1 fully saturated rings. The van der Waals surface area contributed by atoms with Gasteiger partial charge in [0, 0.05) is 31.7 Å². The van der Waals surface area contributed by atoms with Gasteiger partial charge in [-0.2, -0.15) is 0 Å². The molecule has 108 valence electrons. The van der Waals surface area contributed by atoms with Gasteiger partial charge < -0.3 is 15.4 Å². The van der Waals surface area contributed by atoms with Gasteiger partial charge in [-0.15, -0.1) is 0 Å². The minimum atomic E-state index is -0.136. The van der Waals surface area contributed by atoms with Gasteiger partial charge in [0.1, 0.15) is 0 Å². The van der Waals surface area contributed by atoms with Crippen molar-refractivity contribution in [2.75, 3.05) is 20.2 Å². The predicted molar refractivity (Wildman–Crippen MR) is 75.2 cm³/mol. The van der Waals surface area contributed by atoms with Crippen LogP contribution in [0.3, 0.4) is 0 Å². The van der Waals surface area contributed by atoms with Gasteiger partial charge in [-0.05, 0) is 30.5 Å². The highest BCUT2D eigenvalue weighted by Gasteiger charge is 2.28. The summed E-state index contributed by atoms with van der Waals surface area (Å²) < 4.78 is 5.04. The van der Waals surface area contributed by atoms with Crippen LogP contribution in [-0.4, -0.2) is 32.0 Å². The molecular formula is C15H20N2O3. The van der Waals surface area contributed by atoms with Crippen LogP contribution in [0.15, 0.2) is 24.3 Å². The Hall–Kier alpha value is -1.88. The molecule has 0 radical (unpaired) electrons. The quantitative estimate of drug-likeness (QED) is 0.733. The van der Waals surface area contributed by atoms with Gasteiger partial charge >= 0.3 is 0 Å². The zero-order valence-corrected chi connectivity index (χ0v) is 11.6. The first-order valence-electron chi connectivity index (χ1n) is 6.84. The average molecular weight is 276 g/mol. The van der Waals surface area contributed by atoms with Crippen LogP contribution in [0.1, 0.15) is 28.8 Å². The monoisotopic (exact) mass is 276 g/mol. The maximum Gasteiger partial charge on any atom is 0.251 e. The molecule has 0 saturated heterocycles. The summed E-state index contributed by atoms with van der Waals surface area (Å²) in [5.74, 6) is 0.168. The van der Waals surface area contributed by atoms with Crippen molar-refractivity contribution < 1.29 is 14.3 Å². The highest BCUT2D eigenvalue weighted by atomic mass is 16.5. The second-order valence-corrected chi connectivity index (χ2v) is 4.95. The Balaban J connectivity index is 1.73. The Morgan fingerprint density at radius 3 is 2.70 bits per heavy atom. The zero-order valence-electron chi connectivity index (χ0n) is 11.6. The van der Waals surface area contributed by atoms with Crippen molar-refractivity contribution in [1.29, 1.82) is 0 Å². The molecule has 1 aliphatic carbocycles. The van der Waals surface area contributed by atoms with Crippen molar-refractivity contribution >= 4 is 11.8 Å². The van der Waals surface area contributed by atoms with E-state index < -0.39 is 0 Å². The molecule has 1 aliphatic rings. The number of amides is 2. The van der Waals surface area contributed by atoms with Gasteiger partial charge in [0.05, 0.1) is 6.61 Å². The van der Waals surface area contributed by atoms with E-state index in [0.717, 1.165) is 18.4 Å². The molecule has 5 nitrogen and oxygen atoms in total. The van der Waals surface area contributed by atoms with E-state index in [4.69, 9.17) is 4.74 Å². The summed E-state index contributed by atoms with van der Waals surface area (Å²) in [6.07, 6.45) is 1.98. The molecular weight excluding hydrogens is 256 g/mol. The highest BCUT2D eigenvalue weighted by molar-refractivity contribution is 5.94. The lowest BCUT2D eigenvalue weighted by atomic mass is 10.1. The van der Waals surface area contributed by atoms with Crippen molar-refractivity contribution in [3.8, 4) is 0 Å². The van der Waals surface area contributed by atoms with Crippen LogP contribution in [0.2, 0.25) is 0 Å². The lowest BCUT2D eigenvalue weighted by Gasteiger charge is -2.08. The van der Waals surface area contributed by atoms with Gasteiger partial charge in [0.2, 0.25) is 5.91 Å². The fraction of sp³-hybridized carbons (Fsp3) is 0.467. The number of hydrogen-bond acceptors (Lipinski definition) is 3. The van der Waals surface area contributed by atoms with Crippen LogP contribution in [0.5, 0.6) is 0 Å². The molecule has 2 rings (SSSR count). The number of hydrogen-bond donors (Lipinski definition) is 2. The van der Waals surface area contributed by atoms with Crippen LogP contribution in [0.4, 0.5) is 0 Å². The lowest BCUT2D eigenvalue weighted by Crippen LogP contribution is -2.35. The summed E-state index contributed by atoms with van der Waals surface area (Å²) in [6, 6.07) is 7.31. The maximum absolute atomic E-state index is 11.9. The Morgan fingerprint density at radius 2 is 2.00 bits per heavy atom. The first-order chi connectivity index (χ1) is 9.70. The Morgan fingerprint density at radius 1 is 1.25 bits per heavy atom. The van der Waals surface area contributed by atoms with E-state index in [2.05, 4.69) is 10.6 Å². The molecule has 2 amide bonds. The third kappa shape index (κ3) is 4.35. The Labute approximate surface area is 118 Å². The standard InChI is InChI=1S/C15H20N2O3/c1-20-10-11-3-2-4-13(9-11)15(19)17-8-7-16-14(18)12-5-6-12/h2-4,9,12H,5-8,10H2,1H3,(H,16,18)(H,17,19). The molecule has 1 saturated carbocycles. The second-order valence-electron chi connectivity index (χ2n) is 4.95. The van der Waals surface area contributed by atoms with Gasteiger partial charge in [-0.1, -0.05) is 12.1 Å². The normalized spacial score (nSPS) is 13.8. The van der Waals surface area contributed by atoms with Crippen molar-refractivity contribution in [3.63, 3.8) is 0 Å². The minimum absolute atomic E-state index is 0.0985. The highest BCUT2D eigenvalue weighted by Crippen LogP contribution is 2.28. The van der Waals surface area contributed by atoms with E-state index in [1.165, 1.54) is 0 Å². The van der Waals surface area contributed by atoms with E-state index in [9.17, 15) is 9.59 Å². The molecule has 0 spiro atoms. The summed E-state index contributed by atoms with van der Waals surface area (Å²) in [5, 5.41) is 5.60. The van der Waals surface area contributed by atoms with Crippen LogP contribution in [0.25, 0.3) is 0 Å². The van der Waals surface area contributed by atoms with Crippen LogP contribution in [0, 0.1) is 5.92 Å². The fourth-order valence-electron chi connectivity index (χ4n) is 1.92. The third-order valence-electron chi connectivity index (χ3n) is 3.16. The minimum Gasteiger partial charge on any atom is -0.380 e. The molecule has 2 N–H and O–H groups in total. The van der Waals surface area contributed by atoms with Crippen LogP contribution in [-0.2, 0) is 16.1 Å². The molecule has 0 atom stereocenters.